The second-order valence-electron chi connectivity index (χ2n) is 3.61. The smallest absolute Gasteiger partial charge is 0.0388 e. The Hall–Kier alpha value is -0.330. The van der Waals surface area contributed by atoms with E-state index in [2.05, 4.69) is 25.1 Å². The van der Waals surface area contributed by atoms with Crippen molar-refractivity contribution in [2.75, 3.05) is 6.54 Å². The Balaban J connectivity index is 2.22. The van der Waals surface area contributed by atoms with E-state index in [4.69, 9.17) is 0 Å². The van der Waals surface area contributed by atoms with Gasteiger partial charge < -0.3 is 0 Å². The van der Waals surface area contributed by atoms with E-state index in [1.165, 1.54) is 19.3 Å². The molecule has 1 atom stereocenters. The molecule has 0 radical (unpaired) electrons. The van der Waals surface area contributed by atoms with E-state index < -0.39 is 0 Å². The Labute approximate surface area is 63.5 Å². The van der Waals surface area contributed by atoms with Crippen LogP contribution in [0.1, 0.15) is 33.1 Å². The second-order valence-corrected chi connectivity index (χ2v) is 3.61. The molecule has 0 bridgehead atoms. The Morgan fingerprint density at radius 1 is 1.60 bits per heavy atom. The van der Waals surface area contributed by atoms with Gasteiger partial charge in [-0.2, -0.15) is 0 Å². The molecule has 1 aliphatic rings. The normalized spacial score (nSPS) is 25.7. The third-order valence-corrected chi connectivity index (χ3v) is 2.04. The highest BCUT2D eigenvalue weighted by atomic mass is 14.7. The lowest BCUT2D eigenvalue weighted by atomic mass is 9.91. The lowest BCUT2D eigenvalue weighted by molar-refractivity contribution is 0.395. The summed E-state index contributed by atoms with van der Waals surface area (Å²) in [5.41, 5.74) is 0. The average Bonchev–Trinajstić information content (AvgIpc) is 1.88. The largest absolute Gasteiger partial charge is 0.298 e. The molecular formula is C9H17N. The third-order valence-electron chi connectivity index (χ3n) is 2.04. The maximum atomic E-state index is 4.21. The molecule has 0 saturated carbocycles. The molecule has 0 aromatic rings. The molecule has 0 aromatic carbocycles. The predicted molar refractivity (Wildman–Crippen MR) is 45.5 cm³/mol. The summed E-state index contributed by atoms with van der Waals surface area (Å²) in [7, 11) is 0. The number of nitrogens with zero attached hydrogens (tertiary/aromatic N) is 1. The van der Waals surface area contributed by atoms with E-state index in [1.54, 1.807) is 0 Å². The van der Waals surface area contributed by atoms with Gasteiger partial charge in [-0.15, -0.1) is 0 Å². The van der Waals surface area contributed by atoms with Crippen molar-refractivity contribution >= 4 is 6.21 Å². The molecule has 0 aromatic heterocycles. The van der Waals surface area contributed by atoms with Crippen LogP contribution in [0.5, 0.6) is 0 Å². The van der Waals surface area contributed by atoms with Gasteiger partial charge in [0.25, 0.3) is 0 Å². The zero-order valence-electron chi connectivity index (χ0n) is 7.01. The molecule has 1 heterocycles. The Morgan fingerprint density at radius 3 is 2.90 bits per heavy atom. The van der Waals surface area contributed by atoms with E-state index >= 15 is 0 Å². The van der Waals surface area contributed by atoms with Crippen molar-refractivity contribution in [1.82, 2.24) is 0 Å². The number of rotatable bonds is 2. The highest BCUT2D eigenvalue weighted by Gasteiger charge is 2.11. The van der Waals surface area contributed by atoms with Gasteiger partial charge in [0.1, 0.15) is 0 Å². The first kappa shape index (κ1) is 7.77. The molecule has 1 nitrogen and oxygen atoms in total. The summed E-state index contributed by atoms with van der Waals surface area (Å²) in [4.78, 5) is 4.21. The summed E-state index contributed by atoms with van der Waals surface area (Å²) < 4.78 is 0. The van der Waals surface area contributed by atoms with Crippen molar-refractivity contribution in [3.63, 3.8) is 0 Å². The van der Waals surface area contributed by atoms with E-state index in [0.29, 0.717) is 0 Å². The Morgan fingerprint density at radius 2 is 2.40 bits per heavy atom. The topological polar surface area (TPSA) is 12.4 Å². The predicted octanol–water partition coefficient (Wildman–Crippen LogP) is 2.51. The summed E-state index contributed by atoms with van der Waals surface area (Å²) in [6.07, 6.45) is 6.01. The molecule has 1 aliphatic heterocycles. The van der Waals surface area contributed by atoms with Crippen LogP contribution < -0.4 is 0 Å². The molecule has 10 heavy (non-hydrogen) atoms. The fourth-order valence-electron chi connectivity index (χ4n) is 1.57. The van der Waals surface area contributed by atoms with Crippen LogP contribution in [0.25, 0.3) is 0 Å². The van der Waals surface area contributed by atoms with E-state index in [9.17, 15) is 0 Å². The van der Waals surface area contributed by atoms with Gasteiger partial charge in [-0.05, 0) is 37.3 Å². The lowest BCUT2D eigenvalue weighted by Gasteiger charge is -2.18. The monoisotopic (exact) mass is 139 g/mol. The zero-order chi connectivity index (χ0) is 7.40. The fourth-order valence-corrected chi connectivity index (χ4v) is 1.57. The summed E-state index contributed by atoms with van der Waals surface area (Å²) >= 11 is 0. The van der Waals surface area contributed by atoms with Crippen molar-refractivity contribution in [3.05, 3.63) is 0 Å². The van der Waals surface area contributed by atoms with Gasteiger partial charge in [-0.1, -0.05) is 13.8 Å². The summed E-state index contributed by atoms with van der Waals surface area (Å²) in [6.45, 7) is 5.66. The van der Waals surface area contributed by atoms with Crippen LogP contribution in [0.4, 0.5) is 0 Å². The van der Waals surface area contributed by atoms with Crippen molar-refractivity contribution in [2.24, 2.45) is 16.8 Å². The number of hydrogen-bond acceptors (Lipinski definition) is 1. The first-order valence-electron chi connectivity index (χ1n) is 4.27. The summed E-state index contributed by atoms with van der Waals surface area (Å²) in [6, 6.07) is 0. The van der Waals surface area contributed by atoms with Gasteiger partial charge in [0.15, 0.2) is 0 Å². The number of aliphatic imine (C=N–C) groups is 1. The maximum absolute atomic E-state index is 4.21. The molecule has 1 unspecified atom stereocenters. The minimum atomic E-state index is 0.858. The lowest BCUT2D eigenvalue weighted by Crippen LogP contribution is -2.10. The van der Waals surface area contributed by atoms with Gasteiger partial charge in [-0.3, -0.25) is 4.99 Å². The fraction of sp³-hybridized carbons (Fsp3) is 0.889. The van der Waals surface area contributed by atoms with Crippen LogP contribution in [0.2, 0.25) is 0 Å². The quantitative estimate of drug-likeness (QED) is 0.557. The van der Waals surface area contributed by atoms with Crippen LogP contribution in [0.3, 0.4) is 0 Å². The summed E-state index contributed by atoms with van der Waals surface area (Å²) in [5, 5.41) is 0. The standard InChI is InChI=1S/C9H17N/c1-8(2)7-9-3-5-10-6-4-9/h5,8-9H,3-4,6-7H2,1-2H3. The van der Waals surface area contributed by atoms with Gasteiger partial charge in [0.2, 0.25) is 0 Å². The van der Waals surface area contributed by atoms with Crippen molar-refractivity contribution in [3.8, 4) is 0 Å². The molecule has 0 fully saturated rings. The maximum Gasteiger partial charge on any atom is 0.0388 e. The molecule has 0 saturated heterocycles. The van der Waals surface area contributed by atoms with Crippen LogP contribution in [0.15, 0.2) is 4.99 Å². The molecular weight excluding hydrogens is 122 g/mol. The minimum Gasteiger partial charge on any atom is -0.298 e. The van der Waals surface area contributed by atoms with Gasteiger partial charge in [0.05, 0.1) is 0 Å². The molecule has 0 amide bonds. The highest BCUT2D eigenvalue weighted by Crippen LogP contribution is 2.20. The van der Waals surface area contributed by atoms with Gasteiger partial charge >= 0.3 is 0 Å². The van der Waals surface area contributed by atoms with Crippen molar-refractivity contribution in [2.45, 2.75) is 33.1 Å². The summed E-state index contributed by atoms with van der Waals surface area (Å²) in [5.74, 6) is 1.79. The molecule has 1 heteroatoms. The van der Waals surface area contributed by atoms with Gasteiger partial charge in [0, 0.05) is 6.54 Å². The van der Waals surface area contributed by atoms with Crippen LogP contribution >= 0.6 is 0 Å². The van der Waals surface area contributed by atoms with Gasteiger partial charge in [-0.25, -0.2) is 0 Å². The highest BCUT2D eigenvalue weighted by molar-refractivity contribution is 5.58. The molecule has 1 rings (SSSR count). The van der Waals surface area contributed by atoms with Crippen LogP contribution in [0, 0.1) is 11.8 Å². The van der Waals surface area contributed by atoms with Crippen LogP contribution in [-0.4, -0.2) is 12.8 Å². The zero-order valence-corrected chi connectivity index (χ0v) is 7.01. The molecule has 0 aliphatic carbocycles. The van der Waals surface area contributed by atoms with E-state index in [0.717, 1.165) is 18.4 Å². The van der Waals surface area contributed by atoms with Crippen molar-refractivity contribution in [1.29, 1.82) is 0 Å². The average molecular weight is 139 g/mol. The second kappa shape index (κ2) is 3.75. The molecule has 0 N–H and O–H groups in total. The van der Waals surface area contributed by atoms with Crippen molar-refractivity contribution < 1.29 is 0 Å². The first-order valence-corrected chi connectivity index (χ1v) is 4.27. The van der Waals surface area contributed by atoms with E-state index in [-0.39, 0.29) is 0 Å². The van der Waals surface area contributed by atoms with Crippen LogP contribution in [-0.2, 0) is 0 Å². The number of hydrogen-bond donors (Lipinski definition) is 0. The SMILES string of the molecule is CC(C)CC1CC=NCC1. The Kier molecular flexibility index (Phi) is 2.91. The molecule has 0 spiro atoms. The van der Waals surface area contributed by atoms with E-state index in [1.807, 2.05) is 0 Å². The Bertz CT molecular complexity index is 116. The first-order chi connectivity index (χ1) is 4.79. The minimum absolute atomic E-state index is 0.858. The molecule has 58 valence electrons. The third kappa shape index (κ3) is 2.51.